The van der Waals surface area contributed by atoms with Crippen LogP contribution in [0.3, 0.4) is 0 Å². The maximum Gasteiger partial charge on any atom is 0.203 e. The number of ketones is 1. The largest absolute Gasteiger partial charge is 0.504 e. The molecule has 0 aliphatic carbocycles. The molecule has 2 rings (SSSR count). The minimum atomic E-state index is -0.496. The SMILES string of the molecule is COc1cc(/C=C(\C#N)C(=O)c2cc(Cl)cc(Cl)c2)ccc1O. The smallest absolute Gasteiger partial charge is 0.203 e. The van der Waals surface area contributed by atoms with Crippen molar-refractivity contribution in [2.24, 2.45) is 0 Å². The Morgan fingerprint density at radius 1 is 1.22 bits per heavy atom. The molecule has 2 aromatic carbocycles. The first-order valence-electron chi connectivity index (χ1n) is 6.44. The number of methoxy groups -OCH3 is 1. The van der Waals surface area contributed by atoms with Gasteiger partial charge >= 0.3 is 0 Å². The quantitative estimate of drug-likeness (QED) is 0.502. The number of nitrogens with zero attached hydrogens (tertiary/aromatic N) is 1. The van der Waals surface area contributed by atoms with Crippen LogP contribution in [0.15, 0.2) is 42.0 Å². The van der Waals surface area contributed by atoms with E-state index in [2.05, 4.69) is 0 Å². The molecule has 0 aromatic heterocycles. The molecule has 23 heavy (non-hydrogen) atoms. The minimum Gasteiger partial charge on any atom is -0.504 e. The third-order valence-corrected chi connectivity index (χ3v) is 3.44. The Hall–Kier alpha value is -2.48. The summed E-state index contributed by atoms with van der Waals surface area (Å²) in [5, 5.41) is 19.4. The molecule has 0 saturated heterocycles. The maximum atomic E-state index is 12.4. The van der Waals surface area contributed by atoms with Crippen LogP contribution in [0.2, 0.25) is 10.0 Å². The first-order chi connectivity index (χ1) is 10.9. The summed E-state index contributed by atoms with van der Waals surface area (Å²) in [7, 11) is 1.41. The molecular weight excluding hydrogens is 337 g/mol. The number of phenolic OH excluding ortho intramolecular Hbond substituents is 1. The molecule has 6 heteroatoms. The van der Waals surface area contributed by atoms with Gasteiger partial charge in [-0.1, -0.05) is 29.3 Å². The molecule has 0 amide bonds. The summed E-state index contributed by atoms with van der Waals surface area (Å²) in [5.74, 6) is -0.283. The van der Waals surface area contributed by atoms with E-state index in [1.807, 2.05) is 6.07 Å². The van der Waals surface area contributed by atoms with E-state index < -0.39 is 5.78 Å². The van der Waals surface area contributed by atoms with E-state index in [1.165, 1.54) is 43.5 Å². The number of benzene rings is 2. The Balaban J connectivity index is 2.42. The first-order valence-corrected chi connectivity index (χ1v) is 7.20. The molecule has 0 aliphatic rings. The highest BCUT2D eigenvalue weighted by Gasteiger charge is 2.14. The van der Waals surface area contributed by atoms with Crippen LogP contribution in [-0.4, -0.2) is 18.0 Å². The van der Waals surface area contributed by atoms with E-state index in [0.717, 1.165) is 0 Å². The molecule has 0 radical (unpaired) electrons. The zero-order chi connectivity index (χ0) is 17.0. The Bertz CT molecular complexity index is 818. The Morgan fingerprint density at radius 2 is 1.87 bits per heavy atom. The number of carbonyl (C=O) groups is 1. The van der Waals surface area contributed by atoms with E-state index in [0.29, 0.717) is 15.6 Å². The summed E-state index contributed by atoms with van der Waals surface area (Å²) < 4.78 is 5.00. The average Bonchev–Trinajstić information content (AvgIpc) is 2.52. The number of hydrogen-bond acceptors (Lipinski definition) is 4. The summed E-state index contributed by atoms with van der Waals surface area (Å²) in [6.07, 6.45) is 1.40. The number of phenols is 1. The van der Waals surface area contributed by atoms with Crippen LogP contribution in [0.5, 0.6) is 11.5 Å². The molecule has 116 valence electrons. The predicted molar refractivity (Wildman–Crippen MR) is 89.0 cm³/mol. The van der Waals surface area contributed by atoms with Crippen molar-refractivity contribution in [3.8, 4) is 17.6 Å². The van der Waals surface area contributed by atoms with Crippen LogP contribution >= 0.6 is 23.2 Å². The van der Waals surface area contributed by atoms with Crippen molar-refractivity contribution in [1.82, 2.24) is 0 Å². The van der Waals surface area contributed by atoms with Gasteiger partial charge in [0.1, 0.15) is 11.6 Å². The van der Waals surface area contributed by atoms with Gasteiger partial charge in [0.05, 0.1) is 7.11 Å². The molecule has 0 atom stereocenters. The number of ether oxygens (including phenoxy) is 1. The molecule has 2 aromatic rings. The van der Waals surface area contributed by atoms with Gasteiger partial charge in [0, 0.05) is 15.6 Å². The van der Waals surface area contributed by atoms with Crippen molar-refractivity contribution in [2.75, 3.05) is 7.11 Å². The second-order valence-corrected chi connectivity index (χ2v) is 5.46. The van der Waals surface area contributed by atoms with Gasteiger partial charge in [0.25, 0.3) is 0 Å². The van der Waals surface area contributed by atoms with E-state index in [-0.39, 0.29) is 22.6 Å². The van der Waals surface area contributed by atoms with E-state index in [1.54, 1.807) is 6.07 Å². The van der Waals surface area contributed by atoms with Gasteiger partial charge in [-0.25, -0.2) is 0 Å². The fourth-order valence-corrected chi connectivity index (χ4v) is 2.47. The van der Waals surface area contributed by atoms with E-state index in [4.69, 9.17) is 27.9 Å². The lowest BCUT2D eigenvalue weighted by Gasteiger charge is -2.05. The van der Waals surface area contributed by atoms with Gasteiger partial charge in [-0.15, -0.1) is 0 Å². The summed E-state index contributed by atoms with van der Waals surface area (Å²) in [4.78, 5) is 12.4. The van der Waals surface area contributed by atoms with Gasteiger partial charge in [-0.3, -0.25) is 4.79 Å². The normalized spacial score (nSPS) is 11.0. The zero-order valence-electron chi connectivity index (χ0n) is 12.0. The fraction of sp³-hybridized carbons (Fsp3) is 0.0588. The topological polar surface area (TPSA) is 70.3 Å². The molecule has 0 aliphatic heterocycles. The highest BCUT2D eigenvalue weighted by Crippen LogP contribution is 2.28. The minimum absolute atomic E-state index is 0.0314. The van der Waals surface area contributed by atoms with Crippen LogP contribution in [0.1, 0.15) is 15.9 Å². The summed E-state index contributed by atoms with van der Waals surface area (Å²) in [6.45, 7) is 0. The standard InChI is InChI=1S/C17H11Cl2NO3/c1-23-16-5-10(2-3-15(16)21)4-12(9-20)17(22)11-6-13(18)8-14(19)7-11/h2-8,21H,1H3/b12-4+. The molecule has 0 spiro atoms. The maximum absolute atomic E-state index is 12.4. The molecule has 4 nitrogen and oxygen atoms in total. The molecule has 0 heterocycles. The monoisotopic (exact) mass is 347 g/mol. The van der Waals surface area contributed by atoms with Crippen molar-refractivity contribution in [3.05, 3.63) is 63.1 Å². The van der Waals surface area contributed by atoms with Crippen molar-refractivity contribution < 1.29 is 14.6 Å². The third-order valence-electron chi connectivity index (χ3n) is 3.00. The predicted octanol–water partition coefficient (Wildman–Crippen LogP) is 4.50. The van der Waals surface area contributed by atoms with Gasteiger partial charge in [0.15, 0.2) is 11.5 Å². The lowest BCUT2D eigenvalue weighted by Crippen LogP contribution is -2.02. The van der Waals surface area contributed by atoms with E-state index in [9.17, 15) is 15.2 Å². The number of aromatic hydroxyl groups is 1. The van der Waals surface area contributed by atoms with Gasteiger partial charge in [0.2, 0.25) is 5.78 Å². The Morgan fingerprint density at radius 3 is 2.43 bits per heavy atom. The number of nitriles is 1. The van der Waals surface area contributed by atoms with Crippen molar-refractivity contribution in [3.63, 3.8) is 0 Å². The van der Waals surface area contributed by atoms with Crippen LogP contribution < -0.4 is 4.74 Å². The zero-order valence-corrected chi connectivity index (χ0v) is 13.5. The van der Waals surface area contributed by atoms with Crippen LogP contribution in [0.4, 0.5) is 0 Å². The van der Waals surface area contributed by atoms with Crippen LogP contribution in [0.25, 0.3) is 6.08 Å². The Labute approximate surface area is 143 Å². The second kappa shape index (κ2) is 7.19. The van der Waals surface area contributed by atoms with Gasteiger partial charge in [-0.05, 0) is 42.0 Å². The van der Waals surface area contributed by atoms with Crippen LogP contribution in [-0.2, 0) is 0 Å². The number of allylic oxidation sites excluding steroid dienone is 1. The fourth-order valence-electron chi connectivity index (χ4n) is 1.94. The lowest BCUT2D eigenvalue weighted by molar-refractivity contribution is 0.104. The highest BCUT2D eigenvalue weighted by molar-refractivity contribution is 6.35. The summed E-state index contributed by atoms with van der Waals surface area (Å²) in [5.41, 5.74) is 0.676. The lowest BCUT2D eigenvalue weighted by atomic mass is 10.0. The molecule has 0 fully saturated rings. The molecular formula is C17H11Cl2NO3. The molecule has 0 saturated carbocycles. The second-order valence-electron chi connectivity index (χ2n) is 4.59. The molecule has 0 unspecified atom stereocenters. The number of rotatable bonds is 4. The van der Waals surface area contributed by atoms with Crippen LogP contribution in [0, 0.1) is 11.3 Å². The molecule has 1 N–H and O–H groups in total. The molecule has 0 bridgehead atoms. The van der Waals surface area contributed by atoms with Crippen molar-refractivity contribution >= 4 is 35.1 Å². The van der Waals surface area contributed by atoms with E-state index >= 15 is 0 Å². The van der Waals surface area contributed by atoms with Crippen molar-refractivity contribution in [1.29, 1.82) is 5.26 Å². The number of halogens is 2. The first kappa shape index (κ1) is 16.9. The van der Waals surface area contributed by atoms with Gasteiger partial charge in [-0.2, -0.15) is 5.26 Å². The van der Waals surface area contributed by atoms with Gasteiger partial charge < -0.3 is 9.84 Å². The number of hydrogen-bond donors (Lipinski definition) is 1. The Kier molecular flexibility index (Phi) is 5.28. The number of carbonyl (C=O) groups excluding carboxylic acids is 1. The van der Waals surface area contributed by atoms with Crippen molar-refractivity contribution in [2.45, 2.75) is 0 Å². The highest BCUT2D eigenvalue weighted by atomic mass is 35.5. The summed E-state index contributed by atoms with van der Waals surface area (Å²) in [6, 6.07) is 10.7. The number of Topliss-reactive ketones (excluding diaryl/α,β-unsaturated/α-hetero) is 1. The third kappa shape index (κ3) is 4.04. The summed E-state index contributed by atoms with van der Waals surface area (Å²) >= 11 is 11.8. The average molecular weight is 348 g/mol.